The molecule has 0 bridgehead atoms. The van der Waals surface area contributed by atoms with Gasteiger partial charge in [-0.25, -0.2) is 0 Å². The van der Waals surface area contributed by atoms with Crippen molar-refractivity contribution in [2.75, 3.05) is 26.8 Å². The summed E-state index contributed by atoms with van der Waals surface area (Å²) < 4.78 is 11.2. The van der Waals surface area contributed by atoms with Crippen molar-refractivity contribution >= 4 is 0 Å². The number of rotatable bonds is 7. The van der Waals surface area contributed by atoms with E-state index in [-0.39, 0.29) is 5.41 Å². The summed E-state index contributed by atoms with van der Waals surface area (Å²) in [6.45, 7) is 9.65. The normalized spacial score (nSPS) is 25.5. The topological polar surface area (TPSA) is 30.5 Å². The Balaban J connectivity index is 2.08. The predicted molar refractivity (Wildman–Crippen MR) is 86.9 cm³/mol. The van der Waals surface area contributed by atoms with Crippen molar-refractivity contribution in [1.82, 2.24) is 5.32 Å². The molecule has 1 fully saturated rings. The van der Waals surface area contributed by atoms with Crippen molar-refractivity contribution in [2.45, 2.75) is 39.7 Å². The van der Waals surface area contributed by atoms with Gasteiger partial charge in [-0.2, -0.15) is 0 Å². The zero-order chi connectivity index (χ0) is 15.3. The summed E-state index contributed by atoms with van der Waals surface area (Å²) >= 11 is 0. The van der Waals surface area contributed by atoms with E-state index in [2.05, 4.69) is 44.3 Å². The fourth-order valence-electron chi connectivity index (χ4n) is 3.14. The second-order valence-corrected chi connectivity index (χ2v) is 6.68. The van der Waals surface area contributed by atoms with Crippen LogP contribution in [0.5, 0.6) is 5.75 Å². The zero-order valence-corrected chi connectivity index (χ0v) is 13.8. The Morgan fingerprint density at radius 1 is 1.43 bits per heavy atom. The molecule has 1 aromatic rings. The molecule has 1 saturated heterocycles. The monoisotopic (exact) mass is 291 g/mol. The number of nitrogens with one attached hydrogen (secondary N) is 1. The summed E-state index contributed by atoms with van der Waals surface area (Å²) in [5.74, 6) is 1.61. The second kappa shape index (κ2) is 7.28. The smallest absolute Gasteiger partial charge is 0.119 e. The van der Waals surface area contributed by atoms with Crippen molar-refractivity contribution in [3.05, 3.63) is 29.8 Å². The van der Waals surface area contributed by atoms with Gasteiger partial charge in [0, 0.05) is 18.6 Å². The van der Waals surface area contributed by atoms with Crippen LogP contribution in [0.3, 0.4) is 0 Å². The molecule has 1 aliphatic heterocycles. The van der Waals surface area contributed by atoms with Crippen LogP contribution in [0.25, 0.3) is 0 Å². The maximum absolute atomic E-state index is 5.88. The lowest BCUT2D eigenvalue weighted by molar-refractivity contribution is 0.0627. The van der Waals surface area contributed by atoms with Crippen molar-refractivity contribution in [3.8, 4) is 5.75 Å². The molecule has 3 heteroatoms. The van der Waals surface area contributed by atoms with Gasteiger partial charge in [0.05, 0.1) is 13.2 Å². The molecule has 0 aromatic heterocycles. The summed E-state index contributed by atoms with van der Waals surface area (Å²) in [6, 6.07) is 8.42. The molecular weight excluding hydrogens is 262 g/mol. The molecule has 1 aromatic carbocycles. The molecule has 1 heterocycles. The van der Waals surface area contributed by atoms with Crippen LogP contribution in [0.2, 0.25) is 0 Å². The van der Waals surface area contributed by atoms with Gasteiger partial charge in [0.1, 0.15) is 5.75 Å². The maximum atomic E-state index is 5.88. The number of ether oxygens (including phenoxy) is 2. The second-order valence-electron chi connectivity index (χ2n) is 6.68. The molecule has 118 valence electrons. The highest BCUT2D eigenvalue weighted by atomic mass is 16.5. The van der Waals surface area contributed by atoms with Crippen LogP contribution >= 0.6 is 0 Å². The molecule has 0 spiro atoms. The highest BCUT2D eigenvalue weighted by Crippen LogP contribution is 2.38. The van der Waals surface area contributed by atoms with Crippen molar-refractivity contribution in [1.29, 1.82) is 0 Å². The van der Waals surface area contributed by atoms with E-state index in [1.165, 1.54) is 5.56 Å². The molecule has 2 atom stereocenters. The van der Waals surface area contributed by atoms with E-state index in [4.69, 9.17) is 9.47 Å². The van der Waals surface area contributed by atoms with Gasteiger partial charge in [-0.3, -0.25) is 0 Å². The summed E-state index contributed by atoms with van der Waals surface area (Å²) in [6.07, 6.45) is 2.45. The van der Waals surface area contributed by atoms with Gasteiger partial charge in [0.2, 0.25) is 0 Å². The van der Waals surface area contributed by atoms with Crippen molar-refractivity contribution in [2.24, 2.45) is 11.3 Å². The summed E-state index contributed by atoms with van der Waals surface area (Å²) in [5, 5.41) is 3.64. The van der Waals surface area contributed by atoms with Crippen molar-refractivity contribution < 1.29 is 9.47 Å². The average molecular weight is 291 g/mol. The van der Waals surface area contributed by atoms with Gasteiger partial charge in [-0.1, -0.05) is 26.0 Å². The molecule has 2 unspecified atom stereocenters. The Bertz CT molecular complexity index is 447. The summed E-state index contributed by atoms with van der Waals surface area (Å²) in [4.78, 5) is 0. The van der Waals surface area contributed by atoms with Crippen molar-refractivity contribution in [3.63, 3.8) is 0 Å². The van der Waals surface area contributed by atoms with Gasteiger partial charge >= 0.3 is 0 Å². The third-order valence-electron chi connectivity index (χ3n) is 4.55. The SMILES string of the molecule is COc1cccc(CC2(CNCC(C)C)CCOC2C)c1. The fourth-order valence-corrected chi connectivity index (χ4v) is 3.14. The zero-order valence-electron chi connectivity index (χ0n) is 13.8. The minimum atomic E-state index is 0.196. The van der Waals surface area contributed by atoms with Crippen LogP contribution in [0.1, 0.15) is 32.8 Å². The summed E-state index contributed by atoms with van der Waals surface area (Å²) in [7, 11) is 1.72. The highest BCUT2D eigenvalue weighted by Gasteiger charge is 2.41. The molecule has 0 amide bonds. The van der Waals surface area contributed by atoms with Gasteiger partial charge in [-0.15, -0.1) is 0 Å². The Morgan fingerprint density at radius 3 is 2.86 bits per heavy atom. The maximum Gasteiger partial charge on any atom is 0.119 e. The highest BCUT2D eigenvalue weighted by molar-refractivity contribution is 5.29. The molecule has 3 nitrogen and oxygen atoms in total. The van der Waals surface area contributed by atoms with E-state index in [0.717, 1.165) is 38.3 Å². The van der Waals surface area contributed by atoms with Gasteiger partial charge in [-0.05, 0) is 49.9 Å². The standard InChI is InChI=1S/C18H29NO2/c1-14(2)12-19-13-18(8-9-21-15(18)3)11-16-6-5-7-17(10-16)20-4/h5-7,10,14-15,19H,8-9,11-13H2,1-4H3. The van der Waals surface area contributed by atoms with Gasteiger partial charge in [0.25, 0.3) is 0 Å². The Labute approximate surface area is 129 Å². The van der Waals surface area contributed by atoms with Crippen LogP contribution in [0, 0.1) is 11.3 Å². The molecule has 0 aliphatic carbocycles. The molecule has 1 aliphatic rings. The van der Waals surface area contributed by atoms with E-state index in [1.807, 2.05) is 6.07 Å². The Hall–Kier alpha value is -1.06. The lowest BCUT2D eigenvalue weighted by Gasteiger charge is -2.33. The summed E-state index contributed by atoms with van der Waals surface area (Å²) in [5.41, 5.74) is 1.53. The predicted octanol–water partition coefficient (Wildman–Crippen LogP) is 3.28. The quantitative estimate of drug-likeness (QED) is 0.836. The molecule has 2 rings (SSSR count). The van der Waals surface area contributed by atoms with Crippen LogP contribution in [0.15, 0.2) is 24.3 Å². The first-order valence-corrected chi connectivity index (χ1v) is 8.01. The first kappa shape index (κ1) is 16.3. The minimum Gasteiger partial charge on any atom is -0.497 e. The first-order valence-electron chi connectivity index (χ1n) is 8.01. The van der Waals surface area contributed by atoms with E-state index < -0.39 is 0 Å². The molecular formula is C18H29NO2. The van der Waals surface area contributed by atoms with E-state index in [0.29, 0.717) is 12.0 Å². The fraction of sp³-hybridized carbons (Fsp3) is 0.667. The number of hydrogen-bond donors (Lipinski definition) is 1. The molecule has 21 heavy (non-hydrogen) atoms. The number of hydrogen-bond acceptors (Lipinski definition) is 3. The van der Waals surface area contributed by atoms with Crippen LogP contribution in [-0.4, -0.2) is 32.9 Å². The first-order chi connectivity index (χ1) is 10.1. The number of benzene rings is 1. The molecule has 0 radical (unpaired) electrons. The van der Waals surface area contributed by atoms with E-state index >= 15 is 0 Å². The number of methoxy groups -OCH3 is 1. The Kier molecular flexibility index (Phi) is 5.65. The molecule has 1 N–H and O–H groups in total. The largest absolute Gasteiger partial charge is 0.497 e. The van der Waals surface area contributed by atoms with Gasteiger partial charge in [0.15, 0.2) is 0 Å². The van der Waals surface area contributed by atoms with Crippen LogP contribution in [-0.2, 0) is 11.2 Å². The van der Waals surface area contributed by atoms with Gasteiger partial charge < -0.3 is 14.8 Å². The lowest BCUT2D eigenvalue weighted by atomic mass is 9.76. The Morgan fingerprint density at radius 2 is 2.24 bits per heavy atom. The van der Waals surface area contributed by atoms with E-state index in [1.54, 1.807) is 7.11 Å². The third-order valence-corrected chi connectivity index (χ3v) is 4.55. The van der Waals surface area contributed by atoms with Crippen LogP contribution in [0.4, 0.5) is 0 Å². The van der Waals surface area contributed by atoms with E-state index in [9.17, 15) is 0 Å². The van der Waals surface area contributed by atoms with Crippen LogP contribution < -0.4 is 10.1 Å². The third kappa shape index (κ3) is 4.21. The lowest BCUT2D eigenvalue weighted by Crippen LogP contribution is -2.42. The molecule has 0 saturated carbocycles. The minimum absolute atomic E-state index is 0.196. The average Bonchev–Trinajstić information content (AvgIpc) is 2.80.